The van der Waals surface area contributed by atoms with Crippen LogP contribution in [0.25, 0.3) is 0 Å². The molecule has 6 nitrogen and oxygen atoms in total. The zero-order valence-electron chi connectivity index (χ0n) is 15.4. The smallest absolute Gasteiger partial charge is 0.262 e. The lowest BCUT2D eigenvalue weighted by Gasteiger charge is -2.14. The Bertz CT molecular complexity index is 1200. The number of nitrogens with one attached hydrogen (secondary N) is 2. The Kier molecular flexibility index (Phi) is 6.50. The van der Waals surface area contributed by atoms with Gasteiger partial charge in [-0.25, -0.2) is 12.8 Å². The topological polar surface area (TPSA) is 84.5 Å². The Morgan fingerprint density at radius 3 is 2.33 bits per heavy atom. The van der Waals surface area contributed by atoms with Gasteiger partial charge in [0.05, 0.1) is 28.3 Å². The molecule has 0 saturated carbocycles. The van der Waals surface area contributed by atoms with Gasteiger partial charge in [-0.15, -0.1) is 0 Å². The van der Waals surface area contributed by atoms with Crippen molar-refractivity contribution in [2.45, 2.75) is 4.90 Å². The molecule has 3 aromatic rings. The third-order valence-corrected chi connectivity index (χ3v) is 5.93. The van der Waals surface area contributed by atoms with Gasteiger partial charge in [-0.05, 0) is 60.7 Å². The monoisotopic (exact) mass is 468 g/mol. The Labute approximate surface area is 182 Å². The minimum absolute atomic E-state index is 0.0850. The summed E-state index contributed by atoms with van der Waals surface area (Å²) >= 11 is 11.9. The summed E-state index contributed by atoms with van der Waals surface area (Å²) in [5.41, 5.74) is 0.579. The first-order valence-electron chi connectivity index (χ1n) is 8.42. The number of sulfonamides is 1. The Balaban J connectivity index is 1.88. The maximum absolute atomic E-state index is 13.1. The van der Waals surface area contributed by atoms with E-state index in [1.54, 1.807) is 0 Å². The molecule has 0 radical (unpaired) electrons. The lowest BCUT2D eigenvalue weighted by molar-refractivity contribution is 0.102. The van der Waals surface area contributed by atoms with Crippen molar-refractivity contribution in [2.75, 3.05) is 17.1 Å². The number of carbonyl (C=O) groups excluding carboxylic acids is 1. The average molecular weight is 469 g/mol. The van der Waals surface area contributed by atoms with E-state index in [9.17, 15) is 17.6 Å². The zero-order valence-corrected chi connectivity index (χ0v) is 17.8. The van der Waals surface area contributed by atoms with Gasteiger partial charge in [0.2, 0.25) is 0 Å². The largest absolute Gasteiger partial charge is 0.495 e. The van der Waals surface area contributed by atoms with Crippen LogP contribution in [0.2, 0.25) is 10.0 Å². The van der Waals surface area contributed by atoms with Crippen LogP contribution in [0.1, 0.15) is 10.4 Å². The molecule has 0 unspecified atom stereocenters. The quantitative estimate of drug-likeness (QED) is 0.520. The van der Waals surface area contributed by atoms with Crippen molar-refractivity contribution in [1.82, 2.24) is 0 Å². The van der Waals surface area contributed by atoms with E-state index in [0.717, 1.165) is 24.3 Å². The second kappa shape index (κ2) is 8.91. The highest BCUT2D eigenvalue weighted by Crippen LogP contribution is 2.31. The SMILES string of the molecule is COc1ccc(NC(=O)c2ccc(Cl)cc2Cl)cc1NS(=O)(=O)c1ccc(F)cc1. The minimum Gasteiger partial charge on any atom is -0.495 e. The molecule has 0 aliphatic rings. The molecule has 30 heavy (non-hydrogen) atoms. The third kappa shape index (κ3) is 5.02. The minimum atomic E-state index is -4.02. The van der Waals surface area contributed by atoms with E-state index >= 15 is 0 Å². The fourth-order valence-corrected chi connectivity index (χ4v) is 4.11. The normalized spacial score (nSPS) is 11.1. The first kappa shape index (κ1) is 21.9. The summed E-state index contributed by atoms with van der Waals surface area (Å²) in [4.78, 5) is 12.4. The molecule has 3 rings (SSSR count). The lowest BCUT2D eigenvalue weighted by atomic mass is 10.2. The van der Waals surface area contributed by atoms with Gasteiger partial charge < -0.3 is 10.1 Å². The van der Waals surface area contributed by atoms with Crippen LogP contribution >= 0.6 is 23.2 Å². The van der Waals surface area contributed by atoms with Gasteiger partial charge >= 0.3 is 0 Å². The summed E-state index contributed by atoms with van der Waals surface area (Å²) in [6, 6.07) is 13.2. The highest BCUT2D eigenvalue weighted by atomic mass is 35.5. The van der Waals surface area contributed by atoms with Gasteiger partial charge in [0, 0.05) is 10.7 Å². The van der Waals surface area contributed by atoms with E-state index in [1.165, 1.54) is 43.5 Å². The first-order chi connectivity index (χ1) is 14.2. The Hall–Kier alpha value is -2.81. The van der Waals surface area contributed by atoms with E-state index in [4.69, 9.17) is 27.9 Å². The van der Waals surface area contributed by atoms with Crippen molar-refractivity contribution in [3.8, 4) is 5.75 Å². The number of halogens is 3. The van der Waals surface area contributed by atoms with Crippen molar-refractivity contribution in [2.24, 2.45) is 0 Å². The molecule has 10 heteroatoms. The van der Waals surface area contributed by atoms with Crippen LogP contribution in [0, 0.1) is 5.82 Å². The van der Waals surface area contributed by atoms with E-state index in [1.807, 2.05) is 0 Å². The predicted molar refractivity (Wildman–Crippen MR) is 115 cm³/mol. The molecule has 0 saturated heterocycles. The van der Waals surface area contributed by atoms with Gasteiger partial charge in [-0.1, -0.05) is 23.2 Å². The maximum atomic E-state index is 13.1. The summed E-state index contributed by atoms with van der Waals surface area (Å²) in [5.74, 6) is -0.838. The fourth-order valence-electron chi connectivity index (χ4n) is 2.55. The van der Waals surface area contributed by atoms with Gasteiger partial charge in [-0.2, -0.15) is 0 Å². The number of hydrogen-bond donors (Lipinski definition) is 2. The van der Waals surface area contributed by atoms with Crippen molar-refractivity contribution in [1.29, 1.82) is 0 Å². The second-order valence-corrected chi connectivity index (χ2v) is 8.58. The summed E-state index contributed by atoms with van der Waals surface area (Å²) in [5, 5.41) is 3.20. The highest BCUT2D eigenvalue weighted by molar-refractivity contribution is 7.92. The molecular formula is C20H15Cl2FN2O4S. The molecule has 0 heterocycles. The van der Waals surface area contributed by atoms with Gasteiger partial charge in [0.15, 0.2) is 0 Å². The molecule has 0 fully saturated rings. The van der Waals surface area contributed by atoms with Crippen molar-refractivity contribution in [3.63, 3.8) is 0 Å². The first-order valence-corrected chi connectivity index (χ1v) is 10.7. The standard InChI is InChI=1S/C20H15Cl2FN2O4S/c1-29-19-9-5-14(24-20(26)16-8-2-12(21)10-17(16)22)11-18(19)25-30(27,28)15-6-3-13(23)4-7-15/h2-11,25H,1H3,(H,24,26). The number of carbonyl (C=O) groups is 1. The van der Waals surface area contributed by atoms with Crippen molar-refractivity contribution >= 4 is 50.5 Å². The number of methoxy groups -OCH3 is 1. The molecule has 0 aromatic heterocycles. The van der Waals surface area contributed by atoms with Crippen molar-refractivity contribution in [3.05, 3.63) is 82.1 Å². The van der Waals surface area contributed by atoms with E-state index in [0.29, 0.717) is 10.7 Å². The third-order valence-electron chi connectivity index (χ3n) is 4.00. The molecule has 2 N–H and O–H groups in total. The number of ether oxygens (including phenoxy) is 1. The fraction of sp³-hybridized carbons (Fsp3) is 0.0500. The molecule has 3 aromatic carbocycles. The van der Waals surface area contributed by atoms with Crippen LogP contribution in [-0.2, 0) is 10.0 Å². The summed E-state index contributed by atoms with van der Waals surface area (Å²) in [6.45, 7) is 0. The second-order valence-electron chi connectivity index (χ2n) is 6.05. The summed E-state index contributed by atoms with van der Waals surface area (Å²) in [7, 11) is -2.64. The number of hydrogen-bond acceptors (Lipinski definition) is 4. The van der Waals surface area contributed by atoms with E-state index < -0.39 is 21.7 Å². The highest BCUT2D eigenvalue weighted by Gasteiger charge is 2.18. The van der Waals surface area contributed by atoms with Crippen LogP contribution in [0.5, 0.6) is 5.75 Å². The van der Waals surface area contributed by atoms with Gasteiger partial charge in [0.25, 0.3) is 15.9 Å². The van der Waals surface area contributed by atoms with Crippen molar-refractivity contribution < 1.29 is 22.3 Å². The Morgan fingerprint density at radius 2 is 1.70 bits per heavy atom. The van der Waals surface area contributed by atoms with Gasteiger partial charge in [0.1, 0.15) is 11.6 Å². The molecular weight excluding hydrogens is 454 g/mol. The van der Waals surface area contributed by atoms with Crippen LogP contribution in [-0.4, -0.2) is 21.4 Å². The summed E-state index contributed by atoms with van der Waals surface area (Å²) in [6.07, 6.45) is 0. The Morgan fingerprint density at radius 1 is 1.00 bits per heavy atom. The number of amides is 1. The number of rotatable bonds is 6. The molecule has 156 valence electrons. The average Bonchev–Trinajstić information content (AvgIpc) is 2.68. The van der Waals surface area contributed by atoms with Crippen LogP contribution in [0.15, 0.2) is 65.6 Å². The lowest BCUT2D eigenvalue weighted by Crippen LogP contribution is -2.15. The molecule has 0 aliphatic heterocycles. The predicted octanol–water partition coefficient (Wildman–Crippen LogP) is 5.19. The number of anilines is 2. The molecule has 0 aliphatic carbocycles. The molecule has 1 amide bonds. The summed E-state index contributed by atoms with van der Waals surface area (Å²) < 4.78 is 45.9. The van der Waals surface area contributed by atoms with Crippen LogP contribution in [0.4, 0.5) is 15.8 Å². The molecule has 0 atom stereocenters. The molecule has 0 bridgehead atoms. The number of benzene rings is 3. The zero-order chi connectivity index (χ0) is 21.9. The maximum Gasteiger partial charge on any atom is 0.262 e. The van der Waals surface area contributed by atoms with Crippen LogP contribution < -0.4 is 14.8 Å². The van der Waals surface area contributed by atoms with E-state index in [2.05, 4.69) is 10.0 Å². The van der Waals surface area contributed by atoms with E-state index in [-0.39, 0.29) is 26.9 Å². The van der Waals surface area contributed by atoms with Crippen LogP contribution in [0.3, 0.4) is 0 Å². The van der Waals surface area contributed by atoms with Gasteiger partial charge in [-0.3, -0.25) is 9.52 Å². The molecule has 0 spiro atoms.